The molecule has 0 aliphatic rings. The molecule has 0 saturated heterocycles. The van der Waals surface area contributed by atoms with Crippen molar-refractivity contribution >= 4 is 10.0 Å². The molecule has 0 radical (unpaired) electrons. The van der Waals surface area contributed by atoms with E-state index < -0.39 is 10.0 Å². The maximum Gasteiger partial charge on any atom is 0.238 e. The summed E-state index contributed by atoms with van der Waals surface area (Å²) >= 11 is 0. The van der Waals surface area contributed by atoms with E-state index in [1.54, 1.807) is 18.2 Å². The molecule has 0 fully saturated rings. The molecule has 1 rings (SSSR count). The number of rotatable bonds is 3. The van der Waals surface area contributed by atoms with Gasteiger partial charge in [-0.1, -0.05) is 25.1 Å². The third kappa shape index (κ3) is 2.77. The van der Waals surface area contributed by atoms with E-state index in [1.165, 1.54) is 6.07 Å². The van der Waals surface area contributed by atoms with Crippen molar-refractivity contribution in [1.82, 2.24) is 0 Å². The Labute approximate surface area is 90.3 Å². The predicted molar refractivity (Wildman–Crippen MR) is 59.9 cm³/mol. The normalized spacial score (nSPS) is 16.0. The third-order valence-corrected chi connectivity index (χ3v) is 3.49. The summed E-state index contributed by atoms with van der Waals surface area (Å²) in [4.78, 5) is 0.162. The van der Waals surface area contributed by atoms with Crippen LogP contribution in [0, 0.1) is 0 Å². The average molecular weight is 228 g/mol. The van der Waals surface area contributed by atoms with Crippen LogP contribution in [-0.4, -0.2) is 14.5 Å². The molecule has 15 heavy (non-hydrogen) atoms. The Morgan fingerprint density at radius 3 is 2.20 bits per heavy atom. The summed E-state index contributed by atoms with van der Waals surface area (Å²) in [6.45, 7) is 3.72. The van der Waals surface area contributed by atoms with Crippen LogP contribution in [0.2, 0.25) is 0 Å². The summed E-state index contributed by atoms with van der Waals surface area (Å²) in [5.41, 5.74) is 6.42. The fourth-order valence-electron chi connectivity index (χ4n) is 1.40. The van der Waals surface area contributed by atoms with E-state index in [1.807, 2.05) is 13.8 Å². The molecule has 5 heteroatoms. The Balaban J connectivity index is 3.31. The Morgan fingerprint density at radius 1 is 1.20 bits per heavy atom. The first-order chi connectivity index (χ1) is 6.84. The smallest absolute Gasteiger partial charge is 0.238 e. The van der Waals surface area contributed by atoms with Crippen molar-refractivity contribution in [2.75, 3.05) is 0 Å². The van der Waals surface area contributed by atoms with Gasteiger partial charge in [-0.05, 0) is 24.5 Å². The van der Waals surface area contributed by atoms with Crippen LogP contribution in [0.15, 0.2) is 29.2 Å². The average Bonchev–Trinajstić information content (AvgIpc) is 2.15. The molecular weight excluding hydrogens is 212 g/mol. The molecule has 0 amide bonds. The highest BCUT2D eigenvalue weighted by Gasteiger charge is 2.19. The molecule has 2 unspecified atom stereocenters. The Hall–Kier alpha value is -0.910. The zero-order valence-corrected chi connectivity index (χ0v) is 9.66. The zero-order valence-electron chi connectivity index (χ0n) is 8.84. The molecule has 0 aliphatic carbocycles. The van der Waals surface area contributed by atoms with Crippen molar-refractivity contribution in [2.45, 2.75) is 30.7 Å². The first kappa shape index (κ1) is 12.2. The van der Waals surface area contributed by atoms with Crippen molar-refractivity contribution in [2.24, 2.45) is 10.9 Å². The maximum atomic E-state index is 11.3. The van der Waals surface area contributed by atoms with Gasteiger partial charge in [-0.3, -0.25) is 0 Å². The lowest BCUT2D eigenvalue weighted by Gasteiger charge is -2.18. The molecule has 4 nitrogen and oxygen atoms in total. The quantitative estimate of drug-likeness (QED) is 0.801. The Morgan fingerprint density at radius 2 is 1.73 bits per heavy atom. The third-order valence-electron chi connectivity index (χ3n) is 2.50. The Kier molecular flexibility index (Phi) is 3.49. The van der Waals surface area contributed by atoms with Gasteiger partial charge in [0.1, 0.15) is 0 Å². The lowest BCUT2D eigenvalue weighted by Crippen LogP contribution is -2.25. The summed E-state index contributed by atoms with van der Waals surface area (Å²) in [5, 5.41) is 5.13. The lowest BCUT2D eigenvalue weighted by molar-refractivity contribution is 0.582. The van der Waals surface area contributed by atoms with Gasteiger partial charge in [0.15, 0.2) is 0 Å². The van der Waals surface area contributed by atoms with Crippen molar-refractivity contribution in [1.29, 1.82) is 0 Å². The van der Waals surface area contributed by atoms with E-state index in [0.717, 1.165) is 0 Å². The number of nitrogens with two attached hydrogens (primary N) is 2. The molecule has 84 valence electrons. The maximum absolute atomic E-state index is 11.3. The topological polar surface area (TPSA) is 86.2 Å². The van der Waals surface area contributed by atoms with Gasteiger partial charge in [0.25, 0.3) is 0 Å². The Bertz CT molecular complexity index is 440. The lowest BCUT2D eigenvalue weighted by atomic mass is 9.95. The summed E-state index contributed by atoms with van der Waals surface area (Å²) < 4.78 is 22.6. The van der Waals surface area contributed by atoms with Gasteiger partial charge in [0, 0.05) is 6.04 Å². The van der Waals surface area contributed by atoms with Crippen LogP contribution in [0.1, 0.15) is 25.3 Å². The number of primary sulfonamides is 1. The van der Waals surface area contributed by atoms with Crippen LogP contribution in [0.4, 0.5) is 0 Å². The second kappa shape index (κ2) is 4.30. The van der Waals surface area contributed by atoms with E-state index in [0.29, 0.717) is 5.56 Å². The van der Waals surface area contributed by atoms with Crippen LogP contribution >= 0.6 is 0 Å². The first-order valence-electron chi connectivity index (χ1n) is 4.71. The molecule has 0 aliphatic heterocycles. The highest BCUT2D eigenvalue weighted by atomic mass is 32.2. The fourth-order valence-corrected chi connectivity index (χ4v) is 2.25. The van der Waals surface area contributed by atoms with E-state index in [4.69, 9.17) is 10.9 Å². The van der Waals surface area contributed by atoms with Gasteiger partial charge in [-0.15, -0.1) is 0 Å². The second-order valence-corrected chi connectivity index (χ2v) is 5.26. The van der Waals surface area contributed by atoms with E-state index >= 15 is 0 Å². The SMILES string of the molecule is CC(N)C(C)c1ccccc1S(N)(=O)=O. The van der Waals surface area contributed by atoms with Crippen molar-refractivity contribution in [3.8, 4) is 0 Å². The minimum Gasteiger partial charge on any atom is -0.327 e. The molecule has 4 N–H and O–H groups in total. The minimum absolute atomic E-state index is 0.0421. The first-order valence-corrected chi connectivity index (χ1v) is 6.26. The van der Waals surface area contributed by atoms with E-state index in [9.17, 15) is 8.42 Å². The van der Waals surface area contributed by atoms with Gasteiger partial charge >= 0.3 is 0 Å². The molecular formula is C10H16N2O2S. The summed E-state index contributed by atoms with van der Waals surface area (Å²) in [5.74, 6) is -0.0421. The summed E-state index contributed by atoms with van der Waals surface area (Å²) in [6.07, 6.45) is 0. The van der Waals surface area contributed by atoms with E-state index in [2.05, 4.69) is 0 Å². The molecule has 1 aromatic carbocycles. The largest absolute Gasteiger partial charge is 0.327 e. The van der Waals surface area contributed by atoms with Crippen molar-refractivity contribution in [3.05, 3.63) is 29.8 Å². The number of sulfonamides is 1. The second-order valence-electron chi connectivity index (χ2n) is 3.73. The van der Waals surface area contributed by atoms with Crippen molar-refractivity contribution in [3.63, 3.8) is 0 Å². The number of hydrogen-bond donors (Lipinski definition) is 2. The molecule has 0 heterocycles. The number of hydrogen-bond acceptors (Lipinski definition) is 3. The minimum atomic E-state index is -3.67. The summed E-state index contributed by atoms with van der Waals surface area (Å²) in [7, 11) is -3.67. The molecule has 0 aromatic heterocycles. The zero-order chi connectivity index (χ0) is 11.6. The van der Waals surface area contributed by atoms with Crippen LogP contribution in [0.3, 0.4) is 0 Å². The van der Waals surface area contributed by atoms with E-state index in [-0.39, 0.29) is 16.9 Å². The van der Waals surface area contributed by atoms with Gasteiger partial charge in [-0.2, -0.15) is 0 Å². The van der Waals surface area contributed by atoms with Gasteiger partial charge < -0.3 is 5.73 Å². The standard InChI is InChI=1S/C10H16N2O2S/c1-7(8(2)11)9-5-3-4-6-10(9)15(12,13)14/h3-8H,11H2,1-2H3,(H2,12,13,14). The van der Waals surface area contributed by atoms with Crippen molar-refractivity contribution < 1.29 is 8.42 Å². The molecule has 0 bridgehead atoms. The highest BCUT2D eigenvalue weighted by molar-refractivity contribution is 7.89. The fraction of sp³-hybridized carbons (Fsp3) is 0.400. The van der Waals surface area contributed by atoms with Crippen LogP contribution in [0.5, 0.6) is 0 Å². The monoisotopic (exact) mass is 228 g/mol. The van der Waals surface area contributed by atoms with Gasteiger partial charge in [0.2, 0.25) is 10.0 Å². The molecule has 1 aromatic rings. The molecule has 0 spiro atoms. The van der Waals surface area contributed by atoms with Crippen LogP contribution in [0.25, 0.3) is 0 Å². The van der Waals surface area contributed by atoms with Crippen LogP contribution < -0.4 is 10.9 Å². The summed E-state index contributed by atoms with van der Waals surface area (Å²) in [6, 6.07) is 6.56. The van der Waals surface area contributed by atoms with Gasteiger partial charge in [0.05, 0.1) is 4.90 Å². The van der Waals surface area contributed by atoms with Crippen LogP contribution in [-0.2, 0) is 10.0 Å². The molecule has 0 saturated carbocycles. The highest BCUT2D eigenvalue weighted by Crippen LogP contribution is 2.24. The molecule has 2 atom stereocenters. The van der Waals surface area contributed by atoms with Gasteiger partial charge in [-0.25, -0.2) is 13.6 Å². The predicted octanol–water partition coefficient (Wildman–Crippen LogP) is 0.785. The number of benzene rings is 1.